The Bertz CT molecular complexity index is 519. The predicted molar refractivity (Wildman–Crippen MR) is 85.6 cm³/mol. The summed E-state index contributed by atoms with van der Waals surface area (Å²) >= 11 is 0. The van der Waals surface area contributed by atoms with Crippen molar-refractivity contribution >= 4 is 17.5 Å². The van der Waals surface area contributed by atoms with Gasteiger partial charge >= 0.3 is 0 Å². The molecule has 0 aliphatic rings. The van der Waals surface area contributed by atoms with Crippen molar-refractivity contribution in [3.8, 4) is 0 Å². The molecule has 0 aromatic heterocycles. The Morgan fingerprint density at radius 1 is 1.19 bits per heavy atom. The van der Waals surface area contributed by atoms with Gasteiger partial charge in [-0.15, -0.1) is 0 Å². The maximum Gasteiger partial charge on any atom is 0.251 e. The number of nitrogens with one attached hydrogen (secondary N) is 3. The Labute approximate surface area is 126 Å². The van der Waals surface area contributed by atoms with E-state index in [4.69, 9.17) is 0 Å². The number of carbonyl (C=O) groups excluding carboxylic acids is 2. The maximum atomic E-state index is 11.9. The first-order valence-corrected chi connectivity index (χ1v) is 7.16. The van der Waals surface area contributed by atoms with Crippen LogP contribution in [0.4, 0.5) is 5.69 Å². The number of benzene rings is 1. The zero-order valence-electron chi connectivity index (χ0n) is 13.5. The topological polar surface area (TPSA) is 70.2 Å². The van der Waals surface area contributed by atoms with Gasteiger partial charge < -0.3 is 16.0 Å². The van der Waals surface area contributed by atoms with Crippen molar-refractivity contribution in [2.75, 3.05) is 18.4 Å². The van der Waals surface area contributed by atoms with Crippen LogP contribution >= 0.6 is 0 Å². The second-order valence-corrected chi connectivity index (χ2v) is 6.04. The van der Waals surface area contributed by atoms with E-state index >= 15 is 0 Å². The van der Waals surface area contributed by atoms with Crippen LogP contribution in [0.5, 0.6) is 0 Å². The second-order valence-electron chi connectivity index (χ2n) is 6.04. The fraction of sp³-hybridized carbons (Fsp3) is 0.500. The fourth-order valence-corrected chi connectivity index (χ4v) is 1.75. The molecule has 0 saturated heterocycles. The van der Waals surface area contributed by atoms with Crippen molar-refractivity contribution < 1.29 is 9.59 Å². The molecule has 0 saturated carbocycles. The Morgan fingerprint density at radius 2 is 1.86 bits per heavy atom. The highest BCUT2D eigenvalue weighted by Crippen LogP contribution is 2.16. The molecule has 2 amide bonds. The third kappa shape index (κ3) is 5.95. The van der Waals surface area contributed by atoms with Crippen molar-refractivity contribution in [2.45, 2.75) is 40.2 Å². The number of amides is 2. The van der Waals surface area contributed by atoms with E-state index < -0.39 is 0 Å². The van der Waals surface area contributed by atoms with E-state index in [1.54, 1.807) is 18.2 Å². The summed E-state index contributed by atoms with van der Waals surface area (Å²) in [4.78, 5) is 23.6. The van der Waals surface area contributed by atoms with Gasteiger partial charge in [-0.3, -0.25) is 9.59 Å². The molecule has 5 nitrogen and oxygen atoms in total. The largest absolute Gasteiger partial charge is 0.352 e. The fourth-order valence-electron chi connectivity index (χ4n) is 1.75. The number of anilines is 1. The third-order valence-electron chi connectivity index (χ3n) is 2.88. The van der Waals surface area contributed by atoms with Gasteiger partial charge in [-0.25, -0.2) is 0 Å². The van der Waals surface area contributed by atoms with Crippen LogP contribution in [0.15, 0.2) is 18.2 Å². The highest BCUT2D eigenvalue weighted by Gasteiger charge is 2.12. The molecular formula is C16H25N3O2. The van der Waals surface area contributed by atoms with Gasteiger partial charge in [0.25, 0.3) is 5.91 Å². The van der Waals surface area contributed by atoms with Gasteiger partial charge in [-0.1, -0.05) is 0 Å². The van der Waals surface area contributed by atoms with Gasteiger partial charge in [-0.2, -0.15) is 0 Å². The standard InChI is InChI=1S/C16H25N3O2/c1-6-17-15(21)12-7-8-13(11(2)9-12)19-14(20)10-18-16(3,4)5/h7-9,18H,6,10H2,1-5H3,(H,17,21)(H,19,20). The van der Waals surface area contributed by atoms with E-state index in [0.29, 0.717) is 12.1 Å². The van der Waals surface area contributed by atoms with Crippen molar-refractivity contribution in [1.82, 2.24) is 10.6 Å². The van der Waals surface area contributed by atoms with Crippen LogP contribution in [0.25, 0.3) is 0 Å². The van der Waals surface area contributed by atoms with Crippen LogP contribution in [-0.4, -0.2) is 30.4 Å². The number of hydrogen-bond donors (Lipinski definition) is 3. The molecular weight excluding hydrogens is 266 g/mol. The van der Waals surface area contributed by atoms with Crippen LogP contribution in [0.1, 0.15) is 43.6 Å². The van der Waals surface area contributed by atoms with Gasteiger partial charge in [0, 0.05) is 23.3 Å². The molecule has 0 heterocycles. The zero-order valence-corrected chi connectivity index (χ0v) is 13.5. The van der Waals surface area contributed by atoms with E-state index in [9.17, 15) is 9.59 Å². The summed E-state index contributed by atoms with van der Waals surface area (Å²) in [5.74, 6) is -0.202. The van der Waals surface area contributed by atoms with Crippen molar-refractivity contribution in [3.63, 3.8) is 0 Å². The van der Waals surface area contributed by atoms with E-state index in [1.807, 2.05) is 34.6 Å². The van der Waals surface area contributed by atoms with Gasteiger partial charge in [0.1, 0.15) is 0 Å². The van der Waals surface area contributed by atoms with Gasteiger partial charge in [-0.05, 0) is 58.4 Å². The lowest BCUT2D eigenvalue weighted by Crippen LogP contribution is -2.41. The molecule has 0 unspecified atom stereocenters. The van der Waals surface area contributed by atoms with Gasteiger partial charge in [0.2, 0.25) is 5.91 Å². The molecule has 1 aromatic rings. The van der Waals surface area contributed by atoms with Crippen molar-refractivity contribution in [2.24, 2.45) is 0 Å². The quantitative estimate of drug-likeness (QED) is 0.778. The van der Waals surface area contributed by atoms with Gasteiger partial charge in [0.05, 0.1) is 6.54 Å². The predicted octanol–water partition coefficient (Wildman–Crippen LogP) is 2.07. The molecule has 0 spiro atoms. The molecule has 21 heavy (non-hydrogen) atoms. The molecule has 1 aromatic carbocycles. The smallest absolute Gasteiger partial charge is 0.251 e. The third-order valence-corrected chi connectivity index (χ3v) is 2.88. The first-order chi connectivity index (χ1) is 9.73. The van der Waals surface area contributed by atoms with E-state index in [0.717, 1.165) is 11.3 Å². The number of hydrogen-bond acceptors (Lipinski definition) is 3. The SMILES string of the molecule is CCNC(=O)c1ccc(NC(=O)CNC(C)(C)C)c(C)c1. The van der Waals surface area contributed by atoms with Crippen LogP contribution in [-0.2, 0) is 4.79 Å². The van der Waals surface area contributed by atoms with Crippen LogP contribution in [0, 0.1) is 6.92 Å². The lowest BCUT2D eigenvalue weighted by Gasteiger charge is -2.20. The molecule has 1 rings (SSSR count). The lowest BCUT2D eigenvalue weighted by molar-refractivity contribution is -0.115. The minimum absolute atomic E-state index is 0.0983. The molecule has 0 aliphatic carbocycles. The van der Waals surface area contributed by atoms with Crippen molar-refractivity contribution in [1.29, 1.82) is 0 Å². The van der Waals surface area contributed by atoms with Crippen LogP contribution in [0.3, 0.4) is 0 Å². The molecule has 0 atom stereocenters. The maximum absolute atomic E-state index is 11.9. The van der Waals surface area contributed by atoms with E-state index in [2.05, 4.69) is 16.0 Å². The highest BCUT2D eigenvalue weighted by molar-refractivity contribution is 5.97. The lowest BCUT2D eigenvalue weighted by atomic mass is 10.1. The van der Waals surface area contributed by atoms with Crippen LogP contribution in [0.2, 0.25) is 0 Å². The Hall–Kier alpha value is -1.88. The molecule has 0 bridgehead atoms. The summed E-state index contributed by atoms with van der Waals surface area (Å²) < 4.78 is 0. The number of rotatable bonds is 5. The minimum atomic E-state index is -0.104. The molecule has 0 radical (unpaired) electrons. The highest BCUT2D eigenvalue weighted by atomic mass is 16.2. The summed E-state index contributed by atoms with van der Waals surface area (Å²) in [6.07, 6.45) is 0. The molecule has 0 aliphatic heterocycles. The Kier molecular flexibility index (Phi) is 5.90. The van der Waals surface area contributed by atoms with E-state index in [1.165, 1.54) is 0 Å². The Balaban J connectivity index is 2.68. The molecule has 0 fully saturated rings. The van der Waals surface area contributed by atoms with Crippen LogP contribution < -0.4 is 16.0 Å². The monoisotopic (exact) mass is 291 g/mol. The molecule has 3 N–H and O–H groups in total. The summed E-state index contributed by atoms with van der Waals surface area (Å²) in [5, 5.41) is 8.73. The Morgan fingerprint density at radius 3 is 2.38 bits per heavy atom. The number of carbonyl (C=O) groups is 2. The number of aryl methyl sites for hydroxylation is 1. The van der Waals surface area contributed by atoms with Gasteiger partial charge in [0.15, 0.2) is 0 Å². The van der Waals surface area contributed by atoms with Crippen molar-refractivity contribution in [3.05, 3.63) is 29.3 Å². The zero-order chi connectivity index (χ0) is 16.0. The summed E-state index contributed by atoms with van der Waals surface area (Å²) in [7, 11) is 0. The first kappa shape index (κ1) is 17.2. The van der Waals surface area contributed by atoms with E-state index in [-0.39, 0.29) is 23.9 Å². The summed E-state index contributed by atoms with van der Waals surface area (Å²) in [6.45, 7) is 10.6. The average molecular weight is 291 g/mol. The first-order valence-electron chi connectivity index (χ1n) is 7.16. The molecule has 116 valence electrons. The summed E-state index contributed by atoms with van der Waals surface area (Å²) in [5.41, 5.74) is 2.08. The minimum Gasteiger partial charge on any atom is -0.352 e. The molecule has 5 heteroatoms. The average Bonchev–Trinajstić information content (AvgIpc) is 2.38. The second kappa shape index (κ2) is 7.22. The normalized spacial score (nSPS) is 11.1. The summed E-state index contributed by atoms with van der Waals surface area (Å²) in [6, 6.07) is 5.25.